The Hall–Kier alpha value is -3.67. The van der Waals surface area contributed by atoms with Crippen LogP contribution in [0.25, 0.3) is 11.3 Å². The van der Waals surface area contributed by atoms with Crippen LogP contribution in [0, 0.1) is 0 Å². The summed E-state index contributed by atoms with van der Waals surface area (Å²) >= 11 is 0. The lowest BCUT2D eigenvalue weighted by Crippen LogP contribution is -2.38. The Kier molecular flexibility index (Phi) is 6.53. The van der Waals surface area contributed by atoms with E-state index in [2.05, 4.69) is 30.4 Å². The number of hydrazone groups is 1. The Morgan fingerprint density at radius 3 is 2.34 bits per heavy atom. The number of anilines is 3. The smallest absolute Gasteiger partial charge is 0.416 e. The Morgan fingerprint density at radius 2 is 1.63 bits per heavy atom. The van der Waals surface area contributed by atoms with Crippen molar-refractivity contribution in [1.29, 1.82) is 0 Å². The van der Waals surface area contributed by atoms with Crippen LogP contribution in [0.1, 0.15) is 24.2 Å². The van der Waals surface area contributed by atoms with E-state index in [1.54, 1.807) is 18.2 Å². The molecule has 0 saturated carbocycles. The number of nitrogens with zero attached hydrogens (tertiary/aromatic N) is 6. The molecule has 35 heavy (non-hydrogen) atoms. The molecule has 0 radical (unpaired) electrons. The summed E-state index contributed by atoms with van der Waals surface area (Å²) in [6.45, 7) is 4.38. The summed E-state index contributed by atoms with van der Waals surface area (Å²) in [6, 6.07) is 8.21. The van der Waals surface area contributed by atoms with Crippen molar-refractivity contribution >= 4 is 24.1 Å². The van der Waals surface area contributed by atoms with Crippen LogP contribution in [0.2, 0.25) is 0 Å². The molecule has 1 N–H and O–H groups in total. The summed E-state index contributed by atoms with van der Waals surface area (Å²) in [5.74, 6) is 2.13. The van der Waals surface area contributed by atoms with E-state index in [9.17, 15) is 13.2 Å². The lowest BCUT2D eigenvalue weighted by atomic mass is 10.1. The minimum Gasteiger partial charge on any atom is -0.455 e. The molecule has 2 fully saturated rings. The molecule has 1 aromatic carbocycles. The Labute approximate surface area is 199 Å². The number of morpholine rings is 1. The van der Waals surface area contributed by atoms with Crippen molar-refractivity contribution in [2.45, 2.75) is 19.0 Å². The Bertz CT molecular complexity index is 1190. The van der Waals surface area contributed by atoms with Gasteiger partial charge in [0.2, 0.25) is 17.8 Å². The number of furan rings is 1. The number of rotatable bonds is 6. The van der Waals surface area contributed by atoms with Crippen LogP contribution in [0.4, 0.5) is 31.0 Å². The summed E-state index contributed by atoms with van der Waals surface area (Å²) in [7, 11) is 0. The average Bonchev–Trinajstić information content (AvgIpc) is 3.57. The highest BCUT2D eigenvalue weighted by molar-refractivity contribution is 5.78. The van der Waals surface area contributed by atoms with Gasteiger partial charge >= 0.3 is 6.18 Å². The van der Waals surface area contributed by atoms with Crippen LogP contribution in [0.5, 0.6) is 0 Å². The molecule has 0 unspecified atom stereocenters. The molecule has 3 aromatic rings. The molecule has 0 aliphatic carbocycles. The zero-order chi connectivity index (χ0) is 24.3. The predicted octanol–water partition coefficient (Wildman–Crippen LogP) is 4.03. The first-order valence-corrected chi connectivity index (χ1v) is 11.4. The van der Waals surface area contributed by atoms with E-state index in [1.807, 2.05) is 4.90 Å². The average molecular weight is 487 g/mol. The van der Waals surface area contributed by atoms with E-state index in [4.69, 9.17) is 9.15 Å². The monoisotopic (exact) mass is 487 g/mol. The van der Waals surface area contributed by atoms with Crippen LogP contribution < -0.4 is 15.2 Å². The van der Waals surface area contributed by atoms with E-state index in [0.29, 0.717) is 61.2 Å². The second-order valence-corrected chi connectivity index (χ2v) is 8.20. The maximum absolute atomic E-state index is 13.0. The maximum Gasteiger partial charge on any atom is 0.416 e. The number of hydrogen-bond acceptors (Lipinski definition) is 9. The third-order valence-electron chi connectivity index (χ3n) is 5.75. The number of aromatic nitrogens is 3. The van der Waals surface area contributed by atoms with Crippen molar-refractivity contribution in [3.8, 4) is 11.3 Å². The zero-order valence-corrected chi connectivity index (χ0v) is 18.8. The molecule has 0 spiro atoms. The molecule has 2 saturated heterocycles. The number of hydrogen-bond donors (Lipinski definition) is 1. The molecule has 184 valence electrons. The van der Waals surface area contributed by atoms with E-state index >= 15 is 0 Å². The third-order valence-corrected chi connectivity index (χ3v) is 5.75. The van der Waals surface area contributed by atoms with Gasteiger partial charge in [-0.2, -0.15) is 33.2 Å². The molecule has 4 heterocycles. The minimum atomic E-state index is -4.42. The summed E-state index contributed by atoms with van der Waals surface area (Å²) < 4.78 is 50.1. The quantitative estimate of drug-likeness (QED) is 0.412. The number of halogens is 3. The molecular formula is C23H24F3N7O2. The highest BCUT2D eigenvalue weighted by Gasteiger charge is 2.30. The van der Waals surface area contributed by atoms with Gasteiger partial charge in [0, 0.05) is 31.7 Å². The first kappa shape index (κ1) is 23.1. The van der Waals surface area contributed by atoms with Crippen LogP contribution in [0.15, 0.2) is 45.9 Å². The van der Waals surface area contributed by atoms with E-state index in [1.165, 1.54) is 12.3 Å². The second-order valence-electron chi connectivity index (χ2n) is 8.20. The molecule has 5 rings (SSSR count). The molecule has 12 heteroatoms. The minimum absolute atomic E-state index is 0.296. The van der Waals surface area contributed by atoms with Crippen LogP contribution >= 0.6 is 0 Å². The zero-order valence-electron chi connectivity index (χ0n) is 18.8. The van der Waals surface area contributed by atoms with Gasteiger partial charge in [0.15, 0.2) is 0 Å². The first-order valence-electron chi connectivity index (χ1n) is 11.4. The van der Waals surface area contributed by atoms with Gasteiger partial charge in [-0.25, -0.2) is 5.43 Å². The first-order chi connectivity index (χ1) is 17.0. The molecule has 0 atom stereocenters. The molecule has 0 bridgehead atoms. The number of alkyl halides is 3. The topological polar surface area (TPSA) is 91.9 Å². The number of nitrogens with one attached hydrogen (secondary N) is 1. The van der Waals surface area contributed by atoms with Crippen molar-refractivity contribution < 1.29 is 22.3 Å². The third kappa shape index (κ3) is 5.53. The van der Waals surface area contributed by atoms with Crippen LogP contribution in [-0.2, 0) is 10.9 Å². The molecular weight excluding hydrogens is 463 g/mol. The van der Waals surface area contributed by atoms with Gasteiger partial charge in [0.1, 0.15) is 11.5 Å². The Balaban J connectivity index is 1.32. The molecule has 2 aromatic heterocycles. The SMILES string of the molecule is FC(F)(F)c1cccc(-c2ccc(C=NNc3nc(N4CCCC4)nc(N4CCOCC4)n3)o2)c1. The van der Waals surface area contributed by atoms with E-state index in [-0.39, 0.29) is 0 Å². The van der Waals surface area contributed by atoms with Gasteiger partial charge in [-0.05, 0) is 37.1 Å². The molecule has 0 amide bonds. The van der Waals surface area contributed by atoms with Gasteiger partial charge in [-0.1, -0.05) is 12.1 Å². The van der Waals surface area contributed by atoms with Crippen molar-refractivity contribution in [3.05, 3.63) is 47.7 Å². The summed E-state index contributed by atoms with van der Waals surface area (Å²) in [5.41, 5.74) is 2.42. The summed E-state index contributed by atoms with van der Waals surface area (Å²) in [5, 5.41) is 4.17. The Morgan fingerprint density at radius 1 is 0.914 bits per heavy atom. The molecule has 9 nitrogen and oxygen atoms in total. The number of ether oxygens (including phenoxy) is 1. The van der Waals surface area contributed by atoms with Gasteiger partial charge in [-0.15, -0.1) is 0 Å². The van der Waals surface area contributed by atoms with Crippen LogP contribution in [-0.4, -0.2) is 60.6 Å². The van der Waals surface area contributed by atoms with E-state index in [0.717, 1.165) is 38.1 Å². The molecule has 2 aliphatic rings. The van der Waals surface area contributed by atoms with Crippen LogP contribution in [0.3, 0.4) is 0 Å². The summed E-state index contributed by atoms with van der Waals surface area (Å²) in [4.78, 5) is 17.8. The molecule has 2 aliphatic heterocycles. The van der Waals surface area contributed by atoms with Crippen molar-refractivity contribution in [2.24, 2.45) is 5.10 Å². The fourth-order valence-corrected chi connectivity index (χ4v) is 3.95. The highest BCUT2D eigenvalue weighted by atomic mass is 19.4. The fourth-order valence-electron chi connectivity index (χ4n) is 3.95. The van der Waals surface area contributed by atoms with E-state index < -0.39 is 11.7 Å². The maximum atomic E-state index is 13.0. The normalized spacial score (nSPS) is 16.9. The summed E-state index contributed by atoms with van der Waals surface area (Å²) in [6.07, 6.45) is -0.821. The number of benzene rings is 1. The van der Waals surface area contributed by atoms with Crippen molar-refractivity contribution in [3.63, 3.8) is 0 Å². The lowest BCUT2D eigenvalue weighted by molar-refractivity contribution is -0.137. The van der Waals surface area contributed by atoms with Gasteiger partial charge in [0.05, 0.1) is 25.0 Å². The largest absolute Gasteiger partial charge is 0.455 e. The van der Waals surface area contributed by atoms with Gasteiger partial charge in [-0.3, -0.25) is 0 Å². The van der Waals surface area contributed by atoms with Crippen molar-refractivity contribution in [2.75, 3.05) is 54.6 Å². The van der Waals surface area contributed by atoms with Gasteiger partial charge < -0.3 is 19.0 Å². The second kappa shape index (κ2) is 9.90. The predicted molar refractivity (Wildman–Crippen MR) is 125 cm³/mol. The van der Waals surface area contributed by atoms with Gasteiger partial charge in [0.25, 0.3) is 0 Å². The van der Waals surface area contributed by atoms with Crippen molar-refractivity contribution in [1.82, 2.24) is 15.0 Å². The fraction of sp³-hybridized carbons (Fsp3) is 0.391. The highest BCUT2D eigenvalue weighted by Crippen LogP contribution is 2.32. The lowest BCUT2D eigenvalue weighted by Gasteiger charge is -2.27. The standard InChI is InChI=1S/C23H24F3N7O2/c24-23(25,26)17-5-3-4-16(14-17)19-7-6-18(35-19)15-27-31-20-28-21(32-8-1-2-9-32)30-22(29-20)33-10-12-34-13-11-33/h3-7,14-15H,1-2,8-13H2,(H,28,29,30,31).